The van der Waals surface area contributed by atoms with Crippen LogP contribution in [0.15, 0.2) is 45.6 Å². The van der Waals surface area contributed by atoms with Crippen molar-refractivity contribution in [2.45, 2.75) is 0 Å². The molecule has 118 valence electrons. The second-order valence-electron chi connectivity index (χ2n) is 4.77. The Morgan fingerprint density at radius 2 is 1.78 bits per heavy atom. The molecule has 0 unspecified atom stereocenters. The number of anilines is 1. The van der Waals surface area contributed by atoms with Crippen LogP contribution in [0, 0.1) is 0 Å². The third-order valence-electron chi connectivity index (χ3n) is 3.45. The SMILES string of the molecule is COc1cccc(OC)c1C(=O)n1c(=O)oc2cc(N)ccc21. The topological polar surface area (TPSA) is 96.7 Å². The molecule has 0 atom stereocenters. The van der Waals surface area contributed by atoms with Crippen LogP contribution in [-0.2, 0) is 0 Å². The number of carbonyl (C=O) groups is 1. The molecule has 3 rings (SSSR count). The molecule has 7 nitrogen and oxygen atoms in total. The lowest BCUT2D eigenvalue weighted by Crippen LogP contribution is -2.24. The molecule has 0 saturated heterocycles. The minimum atomic E-state index is -0.802. The molecule has 0 aliphatic heterocycles. The number of benzene rings is 2. The van der Waals surface area contributed by atoms with E-state index in [1.165, 1.54) is 20.3 Å². The average molecular weight is 314 g/mol. The van der Waals surface area contributed by atoms with E-state index in [1.54, 1.807) is 30.3 Å². The Hall–Kier alpha value is -3.22. The lowest BCUT2D eigenvalue weighted by Gasteiger charge is -2.11. The maximum atomic E-state index is 12.9. The van der Waals surface area contributed by atoms with E-state index in [2.05, 4.69) is 0 Å². The summed E-state index contributed by atoms with van der Waals surface area (Å²) in [5, 5.41) is 0. The Kier molecular flexibility index (Phi) is 3.53. The number of oxazole rings is 1. The zero-order chi connectivity index (χ0) is 16.6. The van der Waals surface area contributed by atoms with Gasteiger partial charge in [0.15, 0.2) is 5.58 Å². The molecule has 1 aromatic heterocycles. The van der Waals surface area contributed by atoms with Crippen LogP contribution in [0.4, 0.5) is 5.69 Å². The maximum absolute atomic E-state index is 12.9. The Labute approximate surface area is 130 Å². The molecule has 0 amide bonds. The molecular formula is C16H14N2O5. The summed E-state index contributed by atoms with van der Waals surface area (Å²) in [4.78, 5) is 25.0. The standard InChI is InChI=1S/C16H14N2O5/c1-21-11-4-3-5-12(22-2)14(11)15(19)18-10-7-6-9(17)8-13(10)23-16(18)20/h3-8H,17H2,1-2H3. The number of rotatable bonds is 3. The van der Waals surface area contributed by atoms with Gasteiger partial charge in [-0.15, -0.1) is 0 Å². The second kappa shape index (κ2) is 5.53. The molecule has 3 aromatic rings. The Bertz CT molecular complexity index is 932. The highest BCUT2D eigenvalue weighted by Gasteiger charge is 2.24. The van der Waals surface area contributed by atoms with Crippen molar-refractivity contribution in [3.8, 4) is 11.5 Å². The number of hydrogen-bond donors (Lipinski definition) is 1. The fourth-order valence-electron chi connectivity index (χ4n) is 2.40. The van der Waals surface area contributed by atoms with Crippen molar-refractivity contribution in [3.63, 3.8) is 0 Å². The van der Waals surface area contributed by atoms with Crippen molar-refractivity contribution in [1.29, 1.82) is 0 Å². The largest absolute Gasteiger partial charge is 0.496 e. The van der Waals surface area contributed by atoms with Gasteiger partial charge in [0.1, 0.15) is 17.1 Å². The van der Waals surface area contributed by atoms with E-state index in [4.69, 9.17) is 19.6 Å². The van der Waals surface area contributed by atoms with Crippen LogP contribution in [0.5, 0.6) is 11.5 Å². The van der Waals surface area contributed by atoms with Gasteiger partial charge in [-0.25, -0.2) is 9.36 Å². The lowest BCUT2D eigenvalue weighted by molar-refractivity contribution is 0.0950. The fraction of sp³-hybridized carbons (Fsp3) is 0.125. The predicted octanol–water partition coefficient (Wildman–Crippen LogP) is 1.88. The smallest absolute Gasteiger partial charge is 0.427 e. The minimum absolute atomic E-state index is 0.138. The van der Waals surface area contributed by atoms with Crippen molar-refractivity contribution in [3.05, 3.63) is 52.5 Å². The van der Waals surface area contributed by atoms with Crippen molar-refractivity contribution in [2.24, 2.45) is 0 Å². The molecular weight excluding hydrogens is 300 g/mol. The Morgan fingerprint density at radius 1 is 1.13 bits per heavy atom. The molecule has 1 heterocycles. The van der Waals surface area contributed by atoms with Crippen LogP contribution < -0.4 is 21.0 Å². The van der Waals surface area contributed by atoms with E-state index in [0.29, 0.717) is 22.7 Å². The van der Waals surface area contributed by atoms with E-state index >= 15 is 0 Å². The molecule has 0 aliphatic rings. The summed E-state index contributed by atoms with van der Waals surface area (Å²) in [7, 11) is 2.87. The minimum Gasteiger partial charge on any atom is -0.496 e. The third-order valence-corrected chi connectivity index (χ3v) is 3.45. The number of methoxy groups -OCH3 is 2. The van der Waals surface area contributed by atoms with Crippen molar-refractivity contribution in [1.82, 2.24) is 4.57 Å². The molecule has 0 spiro atoms. The molecule has 0 fully saturated rings. The molecule has 0 radical (unpaired) electrons. The summed E-state index contributed by atoms with van der Waals surface area (Å²) in [5.41, 5.74) is 6.79. The molecule has 7 heteroatoms. The summed E-state index contributed by atoms with van der Waals surface area (Å²) >= 11 is 0. The van der Waals surface area contributed by atoms with Crippen LogP contribution in [0.25, 0.3) is 11.1 Å². The number of ether oxygens (including phenoxy) is 2. The zero-order valence-corrected chi connectivity index (χ0v) is 12.5. The van der Waals surface area contributed by atoms with Gasteiger partial charge in [-0.05, 0) is 24.3 Å². The van der Waals surface area contributed by atoms with Gasteiger partial charge < -0.3 is 19.6 Å². The van der Waals surface area contributed by atoms with Gasteiger partial charge in [0.05, 0.1) is 19.7 Å². The van der Waals surface area contributed by atoms with Gasteiger partial charge in [0, 0.05) is 11.8 Å². The first kappa shape index (κ1) is 14.7. The van der Waals surface area contributed by atoms with Gasteiger partial charge >= 0.3 is 5.76 Å². The predicted molar refractivity (Wildman–Crippen MR) is 84.2 cm³/mol. The van der Waals surface area contributed by atoms with E-state index in [-0.39, 0.29) is 11.1 Å². The summed E-state index contributed by atoms with van der Waals surface area (Å²) in [6, 6.07) is 9.53. The third kappa shape index (κ3) is 2.32. The maximum Gasteiger partial charge on any atom is 0.427 e. The molecule has 23 heavy (non-hydrogen) atoms. The molecule has 0 saturated carbocycles. The molecule has 0 aliphatic carbocycles. The number of nitrogens with two attached hydrogens (primary N) is 1. The lowest BCUT2D eigenvalue weighted by atomic mass is 10.1. The van der Waals surface area contributed by atoms with Crippen LogP contribution in [0.1, 0.15) is 10.4 Å². The van der Waals surface area contributed by atoms with Gasteiger partial charge in [0.25, 0.3) is 5.91 Å². The first-order chi connectivity index (χ1) is 11.1. The second-order valence-corrected chi connectivity index (χ2v) is 4.77. The van der Waals surface area contributed by atoms with Crippen molar-refractivity contribution < 1.29 is 18.7 Å². The number of fused-ring (bicyclic) bond motifs is 1. The molecule has 0 bridgehead atoms. The summed E-state index contributed by atoms with van der Waals surface area (Å²) in [5.74, 6) is -0.812. The molecule has 2 aromatic carbocycles. The normalized spacial score (nSPS) is 10.7. The first-order valence-electron chi connectivity index (χ1n) is 6.73. The van der Waals surface area contributed by atoms with E-state index in [1.807, 2.05) is 0 Å². The van der Waals surface area contributed by atoms with Crippen LogP contribution in [-0.4, -0.2) is 24.7 Å². The number of nitrogens with zero attached hydrogens (tertiary/aromatic N) is 1. The fourth-order valence-corrected chi connectivity index (χ4v) is 2.40. The summed E-state index contributed by atoms with van der Waals surface area (Å²) in [6.07, 6.45) is 0. The number of aromatic nitrogens is 1. The summed E-state index contributed by atoms with van der Waals surface area (Å²) < 4.78 is 16.4. The van der Waals surface area contributed by atoms with Gasteiger partial charge in [0.2, 0.25) is 0 Å². The summed E-state index contributed by atoms with van der Waals surface area (Å²) in [6.45, 7) is 0. The van der Waals surface area contributed by atoms with Gasteiger partial charge in [-0.3, -0.25) is 4.79 Å². The highest BCUT2D eigenvalue weighted by molar-refractivity contribution is 6.04. The van der Waals surface area contributed by atoms with Crippen LogP contribution >= 0.6 is 0 Å². The van der Waals surface area contributed by atoms with E-state index in [0.717, 1.165) is 4.57 Å². The first-order valence-corrected chi connectivity index (χ1v) is 6.73. The Morgan fingerprint density at radius 3 is 2.39 bits per heavy atom. The van der Waals surface area contributed by atoms with E-state index in [9.17, 15) is 9.59 Å². The van der Waals surface area contributed by atoms with Gasteiger partial charge in [-0.2, -0.15) is 0 Å². The molecule has 2 N–H and O–H groups in total. The quantitative estimate of drug-likeness (QED) is 0.741. The monoisotopic (exact) mass is 314 g/mol. The van der Waals surface area contributed by atoms with Gasteiger partial charge in [-0.1, -0.05) is 6.07 Å². The van der Waals surface area contributed by atoms with Crippen molar-refractivity contribution >= 4 is 22.7 Å². The van der Waals surface area contributed by atoms with Crippen LogP contribution in [0.2, 0.25) is 0 Å². The number of hydrogen-bond acceptors (Lipinski definition) is 6. The number of carbonyl (C=O) groups excluding carboxylic acids is 1. The highest BCUT2D eigenvalue weighted by atomic mass is 16.5. The average Bonchev–Trinajstić information content (AvgIpc) is 2.88. The van der Waals surface area contributed by atoms with Crippen molar-refractivity contribution in [2.75, 3.05) is 20.0 Å². The number of nitrogen functional groups attached to an aromatic ring is 1. The highest BCUT2D eigenvalue weighted by Crippen LogP contribution is 2.30. The van der Waals surface area contributed by atoms with E-state index < -0.39 is 11.7 Å². The Balaban J connectivity index is 2.27. The zero-order valence-electron chi connectivity index (χ0n) is 12.5. The van der Waals surface area contributed by atoms with Crippen LogP contribution in [0.3, 0.4) is 0 Å².